The van der Waals surface area contributed by atoms with Crippen LogP contribution in [0.5, 0.6) is 11.5 Å². The molecule has 10 heteroatoms. The number of rotatable bonds is 8. The molecule has 0 aliphatic heterocycles. The number of hydrogen-bond acceptors (Lipinski definition) is 5. The van der Waals surface area contributed by atoms with Gasteiger partial charge in [-0.1, -0.05) is 13.0 Å². The Morgan fingerprint density at radius 3 is 2.61 bits per heavy atom. The van der Waals surface area contributed by atoms with Crippen molar-refractivity contribution < 1.29 is 27.4 Å². The minimum absolute atomic E-state index is 0.141. The second kappa shape index (κ2) is 10.2. The first-order valence-corrected chi connectivity index (χ1v) is 10.1. The summed E-state index contributed by atoms with van der Waals surface area (Å²) in [5, 5.41) is 6.87. The number of amides is 1. The number of anilines is 1. The highest BCUT2D eigenvalue weighted by molar-refractivity contribution is 6.01. The van der Waals surface area contributed by atoms with Crippen LogP contribution in [0, 0.1) is 6.92 Å². The number of nitrogens with one attached hydrogen (secondary N) is 1. The highest BCUT2D eigenvalue weighted by atomic mass is 19.4. The van der Waals surface area contributed by atoms with E-state index >= 15 is 0 Å². The third-order valence-corrected chi connectivity index (χ3v) is 4.45. The van der Waals surface area contributed by atoms with Crippen molar-refractivity contribution in [3.8, 4) is 17.3 Å². The molecule has 3 aromatic rings. The molecule has 0 atom stereocenters. The summed E-state index contributed by atoms with van der Waals surface area (Å²) < 4.78 is 50.6. The van der Waals surface area contributed by atoms with Crippen LogP contribution >= 0.6 is 0 Å². The number of pyridine rings is 1. The minimum atomic E-state index is -4.49. The fourth-order valence-electron chi connectivity index (χ4n) is 2.90. The number of carbonyl (C=O) groups excluding carboxylic acids is 1. The predicted octanol–water partition coefficient (Wildman–Crippen LogP) is 5.04. The Kier molecular flexibility index (Phi) is 7.37. The molecule has 0 aliphatic rings. The summed E-state index contributed by atoms with van der Waals surface area (Å²) in [6.45, 7) is 4.26. The number of alkyl halides is 3. The SMILES string of the molecule is CCCOc1ccc(C=CC(=O)Nc2cc(C)nn2-c2ccc(C(F)(F)F)cn2)cc1OC. The van der Waals surface area contributed by atoms with E-state index in [1.54, 1.807) is 37.3 Å². The smallest absolute Gasteiger partial charge is 0.417 e. The molecule has 0 spiro atoms. The number of aryl methyl sites for hydroxylation is 1. The number of methoxy groups -OCH3 is 1. The molecule has 0 fully saturated rings. The number of carbonyl (C=O) groups is 1. The monoisotopic (exact) mass is 460 g/mol. The quantitative estimate of drug-likeness (QED) is 0.477. The van der Waals surface area contributed by atoms with Gasteiger partial charge in [0.15, 0.2) is 17.3 Å². The zero-order chi connectivity index (χ0) is 24.0. The Morgan fingerprint density at radius 1 is 1.18 bits per heavy atom. The van der Waals surface area contributed by atoms with Crippen LogP contribution in [-0.2, 0) is 11.0 Å². The van der Waals surface area contributed by atoms with Crippen molar-refractivity contribution in [3.05, 3.63) is 65.5 Å². The van der Waals surface area contributed by atoms with Gasteiger partial charge in [-0.3, -0.25) is 4.79 Å². The van der Waals surface area contributed by atoms with E-state index in [1.807, 2.05) is 6.92 Å². The lowest BCUT2D eigenvalue weighted by molar-refractivity contribution is -0.137. The Bertz CT molecular complexity index is 1140. The van der Waals surface area contributed by atoms with Gasteiger partial charge in [0.1, 0.15) is 5.82 Å². The average Bonchev–Trinajstić information content (AvgIpc) is 3.15. The van der Waals surface area contributed by atoms with Crippen molar-refractivity contribution in [1.29, 1.82) is 0 Å². The Morgan fingerprint density at radius 2 is 1.97 bits per heavy atom. The summed E-state index contributed by atoms with van der Waals surface area (Å²) >= 11 is 0. The van der Waals surface area contributed by atoms with E-state index in [4.69, 9.17) is 9.47 Å². The van der Waals surface area contributed by atoms with Crippen LogP contribution in [0.2, 0.25) is 0 Å². The van der Waals surface area contributed by atoms with E-state index in [9.17, 15) is 18.0 Å². The fraction of sp³-hybridized carbons (Fsp3) is 0.261. The molecule has 2 aromatic heterocycles. The van der Waals surface area contributed by atoms with E-state index in [0.717, 1.165) is 24.2 Å². The topological polar surface area (TPSA) is 78.3 Å². The Labute approximate surface area is 188 Å². The van der Waals surface area contributed by atoms with Gasteiger partial charge in [0.2, 0.25) is 5.91 Å². The number of aromatic nitrogens is 3. The summed E-state index contributed by atoms with van der Waals surface area (Å²) in [5.74, 6) is 1.13. The molecule has 1 amide bonds. The predicted molar refractivity (Wildman–Crippen MR) is 118 cm³/mol. The van der Waals surface area contributed by atoms with E-state index in [2.05, 4.69) is 15.4 Å². The maximum Gasteiger partial charge on any atom is 0.417 e. The van der Waals surface area contributed by atoms with Gasteiger partial charge >= 0.3 is 6.18 Å². The van der Waals surface area contributed by atoms with Gasteiger partial charge in [0.05, 0.1) is 25.0 Å². The van der Waals surface area contributed by atoms with Crippen LogP contribution in [-0.4, -0.2) is 34.4 Å². The summed E-state index contributed by atoms with van der Waals surface area (Å²) in [7, 11) is 1.53. The van der Waals surface area contributed by atoms with Crippen molar-refractivity contribution in [3.63, 3.8) is 0 Å². The molecule has 33 heavy (non-hydrogen) atoms. The molecule has 0 aliphatic carbocycles. The molecule has 0 unspecified atom stereocenters. The number of nitrogens with zero attached hydrogens (tertiary/aromatic N) is 3. The fourth-order valence-corrected chi connectivity index (χ4v) is 2.90. The van der Waals surface area contributed by atoms with Crippen LogP contribution in [0.25, 0.3) is 11.9 Å². The van der Waals surface area contributed by atoms with Gasteiger partial charge in [-0.2, -0.15) is 23.0 Å². The average molecular weight is 460 g/mol. The molecular weight excluding hydrogens is 437 g/mol. The van der Waals surface area contributed by atoms with Crippen LogP contribution < -0.4 is 14.8 Å². The van der Waals surface area contributed by atoms with Crippen LogP contribution in [0.15, 0.2) is 48.7 Å². The maximum absolute atomic E-state index is 12.8. The third-order valence-electron chi connectivity index (χ3n) is 4.45. The number of ether oxygens (including phenoxy) is 2. The molecular formula is C23H23F3N4O3. The molecule has 7 nitrogen and oxygen atoms in total. The molecule has 0 saturated carbocycles. The minimum Gasteiger partial charge on any atom is -0.493 e. The summed E-state index contributed by atoms with van der Waals surface area (Å²) in [4.78, 5) is 16.3. The van der Waals surface area contributed by atoms with Crippen molar-refractivity contribution in [2.75, 3.05) is 19.0 Å². The summed E-state index contributed by atoms with van der Waals surface area (Å²) in [5.41, 5.74) is 0.411. The molecule has 174 valence electrons. The van der Waals surface area contributed by atoms with Gasteiger partial charge in [-0.05, 0) is 49.2 Å². The summed E-state index contributed by atoms with van der Waals surface area (Å²) in [6, 6.07) is 8.99. The van der Waals surface area contributed by atoms with Crippen molar-refractivity contribution in [1.82, 2.24) is 14.8 Å². The lowest BCUT2D eigenvalue weighted by Crippen LogP contribution is -2.13. The van der Waals surface area contributed by atoms with Gasteiger partial charge in [-0.25, -0.2) is 4.98 Å². The van der Waals surface area contributed by atoms with E-state index in [0.29, 0.717) is 23.8 Å². The zero-order valence-electron chi connectivity index (χ0n) is 18.3. The highest BCUT2D eigenvalue weighted by Crippen LogP contribution is 2.30. The highest BCUT2D eigenvalue weighted by Gasteiger charge is 2.30. The number of benzene rings is 1. The Balaban J connectivity index is 1.74. The molecule has 3 rings (SSSR count). The largest absolute Gasteiger partial charge is 0.493 e. The maximum atomic E-state index is 12.8. The molecule has 2 heterocycles. The molecule has 0 saturated heterocycles. The van der Waals surface area contributed by atoms with Gasteiger partial charge in [0.25, 0.3) is 0 Å². The first-order chi connectivity index (χ1) is 15.7. The second-order valence-corrected chi connectivity index (χ2v) is 7.07. The standard InChI is InChI=1S/C23H23F3N4O3/c1-4-11-33-18-8-5-16(13-19(18)32-3)6-10-22(31)28-21-12-15(2)29-30(21)20-9-7-17(14-27-20)23(24,25)26/h5-10,12-14H,4,11H2,1-3H3,(H,28,31). The van der Waals surface area contributed by atoms with Crippen LogP contribution in [0.3, 0.4) is 0 Å². The van der Waals surface area contributed by atoms with Crippen LogP contribution in [0.1, 0.15) is 30.2 Å². The summed E-state index contributed by atoms with van der Waals surface area (Å²) in [6.07, 6.45) is 0.0260. The Hall–Kier alpha value is -3.82. The number of halogens is 3. The third kappa shape index (κ3) is 6.12. The molecule has 1 N–H and O–H groups in total. The van der Waals surface area contributed by atoms with Crippen molar-refractivity contribution in [2.24, 2.45) is 0 Å². The van der Waals surface area contributed by atoms with Crippen molar-refractivity contribution in [2.45, 2.75) is 26.4 Å². The molecule has 1 aromatic carbocycles. The lowest BCUT2D eigenvalue weighted by Gasteiger charge is -2.10. The zero-order valence-corrected chi connectivity index (χ0v) is 18.3. The second-order valence-electron chi connectivity index (χ2n) is 7.07. The first kappa shape index (κ1) is 23.8. The van der Waals surface area contributed by atoms with Gasteiger partial charge in [-0.15, -0.1) is 0 Å². The van der Waals surface area contributed by atoms with E-state index in [-0.39, 0.29) is 11.6 Å². The van der Waals surface area contributed by atoms with Crippen molar-refractivity contribution >= 4 is 17.8 Å². The molecule has 0 radical (unpaired) electrons. The molecule has 0 bridgehead atoms. The van der Waals surface area contributed by atoms with E-state index in [1.165, 1.54) is 23.9 Å². The van der Waals surface area contributed by atoms with Gasteiger partial charge < -0.3 is 14.8 Å². The van der Waals surface area contributed by atoms with Crippen LogP contribution in [0.4, 0.5) is 19.0 Å². The number of hydrogen-bond donors (Lipinski definition) is 1. The van der Waals surface area contributed by atoms with E-state index < -0.39 is 17.6 Å². The first-order valence-electron chi connectivity index (χ1n) is 10.1. The lowest BCUT2D eigenvalue weighted by atomic mass is 10.2. The van der Waals surface area contributed by atoms with Gasteiger partial charge in [0, 0.05) is 18.3 Å². The normalized spacial score (nSPS) is 11.6.